The second kappa shape index (κ2) is 8.00. The Labute approximate surface area is 133 Å². The predicted molar refractivity (Wildman–Crippen MR) is 86.9 cm³/mol. The van der Waals surface area contributed by atoms with Gasteiger partial charge in [-0.15, -0.1) is 0 Å². The summed E-state index contributed by atoms with van der Waals surface area (Å²) in [7, 11) is 1.64. The maximum absolute atomic E-state index is 5.86. The number of aromatic nitrogens is 1. The van der Waals surface area contributed by atoms with Gasteiger partial charge in [0, 0.05) is 18.8 Å². The fraction of sp³-hybridized carbons (Fsp3) is 0.312. The Kier molecular flexibility index (Phi) is 6.02. The molecule has 0 atom stereocenters. The van der Waals surface area contributed by atoms with Crippen LogP contribution in [0.3, 0.4) is 0 Å². The first-order chi connectivity index (χ1) is 10.2. The Morgan fingerprint density at radius 2 is 2.10 bits per heavy atom. The SMILES string of the molecule is COc1cc(CCN)cc(Br)c1OCCc1cccnc1. The minimum atomic E-state index is 0.566. The van der Waals surface area contributed by atoms with E-state index in [1.807, 2.05) is 30.5 Å². The zero-order valence-corrected chi connectivity index (χ0v) is 13.6. The van der Waals surface area contributed by atoms with Gasteiger partial charge in [0.2, 0.25) is 0 Å². The van der Waals surface area contributed by atoms with Crippen molar-refractivity contribution in [1.82, 2.24) is 4.98 Å². The molecule has 2 rings (SSSR count). The second-order valence-electron chi connectivity index (χ2n) is 4.61. The summed E-state index contributed by atoms with van der Waals surface area (Å²) in [6.07, 6.45) is 5.22. The van der Waals surface area contributed by atoms with Crippen LogP contribution < -0.4 is 15.2 Å². The summed E-state index contributed by atoms with van der Waals surface area (Å²) >= 11 is 3.54. The number of methoxy groups -OCH3 is 1. The normalized spacial score (nSPS) is 10.4. The molecule has 0 fully saturated rings. The molecule has 21 heavy (non-hydrogen) atoms. The van der Waals surface area contributed by atoms with E-state index in [9.17, 15) is 0 Å². The summed E-state index contributed by atoms with van der Waals surface area (Å²) in [5.41, 5.74) is 7.86. The van der Waals surface area contributed by atoms with Gasteiger partial charge in [0.15, 0.2) is 11.5 Å². The Morgan fingerprint density at radius 1 is 1.24 bits per heavy atom. The summed E-state index contributed by atoms with van der Waals surface area (Å²) in [6, 6.07) is 7.95. The maximum Gasteiger partial charge on any atom is 0.175 e. The lowest BCUT2D eigenvalue weighted by Gasteiger charge is -2.14. The van der Waals surface area contributed by atoms with Crippen LogP contribution in [0.2, 0.25) is 0 Å². The number of nitrogens with zero attached hydrogens (tertiary/aromatic N) is 1. The number of ether oxygens (including phenoxy) is 2. The Hall–Kier alpha value is -1.59. The first kappa shape index (κ1) is 15.8. The number of pyridine rings is 1. The summed E-state index contributed by atoms with van der Waals surface area (Å²) in [5.74, 6) is 1.45. The Morgan fingerprint density at radius 3 is 2.76 bits per heavy atom. The van der Waals surface area contributed by atoms with Gasteiger partial charge in [-0.05, 0) is 58.2 Å². The largest absolute Gasteiger partial charge is 0.493 e. The Balaban J connectivity index is 2.05. The van der Waals surface area contributed by atoms with Crippen LogP contribution in [0.25, 0.3) is 0 Å². The van der Waals surface area contributed by atoms with E-state index in [4.69, 9.17) is 15.2 Å². The number of benzene rings is 1. The summed E-state index contributed by atoms with van der Waals surface area (Å²) in [5, 5.41) is 0. The average Bonchev–Trinajstić information content (AvgIpc) is 2.50. The minimum absolute atomic E-state index is 0.566. The third-order valence-electron chi connectivity index (χ3n) is 3.08. The molecule has 0 amide bonds. The van der Waals surface area contributed by atoms with Crippen molar-refractivity contribution < 1.29 is 9.47 Å². The molecule has 0 aliphatic heterocycles. The van der Waals surface area contributed by atoms with Crippen LogP contribution in [0.4, 0.5) is 0 Å². The molecule has 0 saturated heterocycles. The topological polar surface area (TPSA) is 57.4 Å². The van der Waals surface area contributed by atoms with E-state index in [0.717, 1.165) is 39.9 Å². The van der Waals surface area contributed by atoms with Crippen LogP contribution in [0.15, 0.2) is 41.1 Å². The molecule has 5 heteroatoms. The Bertz CT molecular complexity index is 576. The van der Waals surface area contributed by atoms with Gasteiger partial charge in [-0.2, -0.15) is 0 Å². The minimum Gasteiger partial charge on any atom is -0.493 e. The second-order valence-corrected chi connectivity index (χ2v) is 5.46. The van der Waals surface area contributed by atoms with Gasteiger partial charge in [-0.1, -0.05) is 6.07 Å². The van der Waals surface area contributed by atoms with E-state index in [-0.39, 0.29) is 0 Å². The summed E-state index contributed by atoms with van der Waals surface area (Å²) in [4.78, 5) is 4.09. The van der Waals surface area contributed by atoms with Gasteiger partial charge in [0.25, 0.3) is 0 Å². The number of halogens is 1. The molecule has 0 saturated carbocycles. The van der Waals surface area contributed by atoms with Gasteiger partial charge in [-0.25, -0.2) is 0 Å². The zero-order chi connectivity index (χ0) is 15.1. The molecule has 112 valence electrons. The van der Waals surface area contributed by atoms with Crippen molar-refractivity contribution in [3.05, 3.63) is 52.3 Å². The van der Waals surface area contributed by atoms with Crippen LogP contribution in [0.1, 0.15) is 11.1 Å². The molecule has 0 unspecified atom stereocenters. The smallest absolute Gasteiger partial charge is 0.175 e. The molecular formula is C16H19BrN2O2. The first-order valence-electron chi connectivity index (χ1n) is 6.82. The molecular weight excluding hydrogens is 332 g/mol. The molecule has 0 aliphatic carbocycles. The number of nitrogens with two attached hydrogens (primary N) is 1. The van der Waals surface area contributed by atoms with Crippen molar-refractivity contribution in [2.24, 2.45) is 5.73 Å². The van der Waals surface area contributed by atoms with Crippen LogP contribution >= 0.6 is 15.9 Å². The highest BCUT2D eigenvalue weighted by Gasteiger charge is 2.11. The standard InChI is InChI=1S/C16H19BrN2O2/c1-20-15-10-13(4-6-18)9-14(17)16(15)21-8-5-12-3-2-7-19-11-12/h2-3,7,9-11H,4-6,8,18H2,1H3. The van der Waals surface area contributed by atoms with Gasteiger partial charge in [-0.3, -0.25) is 4.98 Å². The lowest BCUT2D eigenvalue weighted by Crippen LogP contribution is -2.06. The van der Waals surface area contributed by atoms with Crippen molar-refractivity contribution in [1.29, 1.82) is 0 Å². The van der Waals surface area contributed by atoms with Crippen LogP contribution in [0.5, 0.6) is 11.5 Å². The molecule has 1 aromatic heterocycles. The van der Waals surface area contributed by atoms with Crippen LogP contribution in [0, 0.1) is 0 Å². The van der Waals surface area contributed by atoms with E-state index in [2.05, 4.69) is 20.9 Å². The van der Waals surface area contributed by atoms with Crippen LogP contribution in [-0.2, 0) is 12.8 Å². The average molecular weight is 351 g/mol. The van der Waals surface area contributed by atoms with E-state index in [0.29, 0.717) is 13.2 Å². The number of hydrogen-bond donors (Lipinski definition) is 1. The molecule has 4 nitrogen and oxygen atoms in total. The maximum atomic E-state index is 5.86. The summed E-state index contributed by atoms with van der Waals surface area (Å²) < 4.78 is 12.2. The fourth-order valence-electron chi connectivity index (χ4n) is 2.04. The van der Waals surface area contributed by atoms with E-state index >= 15 is 0 Å². The third-order valence-corrected chi connectivity index (χ3v) is 3.67. The van der Waals surface area contributed by atoms with E-state index in [1.54, 1.807) is 13.3 Å². The fourth-order valence-corrected chi connectivity index (χ4v) is 2.65. The molecule has 2 aromatic rings. The number of hydrogen-bond acceptors (Lipinski definition) is 4. The predicted octanol–water partition coefficient (Wildman–Crippen LogP) is 2.98. The van der Waals surface area contributed by atoms with Gasteiger partial charge >= 0.3 is 0 Å². The summed E-state index contributed by atoms with van der Waals surface area (Å²) in [6.45, 7) is 1.17. The lowest BCUT2D eigenvalue weighted by molar-refractivity contribution is 0.295. The highest BCUT2D eigenvalue weighted by Crippen LogP contribution is 2.36. The third kappa shape index (κ3) is 4.44. The monoisotopic (exact) mass is 350 g/mol. The zero-order valence-electron chi connectivity index (χ0n) is 12.0. The highest BCUT2D eigenvalue weighted by molar-refractivity contribution is 9.10. The van der Waals surface area contributed by atoms with E-state index in [1.165, 1.54) is 0 Å². The molecule has 0 bridgehead atoms. The van der Waals surface area contributed by atoms with Crippen molar-refractivity contribution in [3.63, 3.8) is 0 Å². The molecule has 0 spiro atoms. The lowest BCUT2D eigenvalue weighted by atomic mass is 10.1. The van der Waals surface area contributed by atoms with Crippen molar-refractivity contribution in [2.45, 2.75) is 12.8 Å². The molecule has 0 aliphatic rings. The molecule has 1 aromatic carbocycles. The molecule has 2 N–H and O–H groups in total. The quantitative estimate of drug-likeness (QED) is 0.833. The van der Waals surface area contributed by atoms with Gasteiger partial charge in [0.1, 0.15) is 0 Å². The van der Waals surface area contributed by atoms with Gasteiger partial charge in [0.05, 0.1) is 18.2 Å². The van der Waals surface area contributed by atoms with Crippen molar-refractivity contribution in [3.8, 4) is 11.5 Å². The molecule has 1 heterocycles. The molecule has 0 radical (unpaired) electrons. The number of rotatable bonds is 7. The van der Waals surface area contributed by atoms with Crippen molar-refractivity contribution >= 4 is 15.9 Å². The first-order valence-corrected chi connectivity index (χ1v) is 7.62. The van der Waals surface area contributed by atoms with E-state index < -0.39 is 0 Å². The van der Waals surface area contributed by atoms with Gasteiger partial charge < -0.3 is 15.2 Å². The highest BCUT2D eigenvalue weighted by atomic mass is 79.9. The van der Waals surface area contributed by atoms with Crippen LogP contribution in [-0.4, -0.2) is 25.2 Å². The van der Waals surface area contributed by atoms with Crippen molar-refractivity contribution in [2.75, 3.05) is 20.3 Å².